The SMILES string of the molecule is CC.CC.Cc1ccnc2[nH]ccc12. The highest BCUT2D eigenvalue weighted by molar-refractivity contribution is 5.78. The van der Waals surface area contributed by atoms with Crippen LogP contribution in [0, 0.1) is 6.92 Å². The molecule has 2 heterocycles. The van der Waals surface area contributed by atoms with Crippen LogP contribution in [0.25, 0.3) is 11.0 Å². The second kappa shape index (κ2) is 7.13. The van der Waals surface area contributed by atoms with Crippen molar-refractivity contribution in [3.05, 3.63) is 30.1 Å². The maximum atomic E-state index is 4.15. The molecule has 0 aliphatic heterocycles. The van der Waals surface area contributed by atoms with Gasteiger partial charge in [-0.1, -0.05) is 27.7 Å². The summed E-state index contributed by atoms with van der Waals surface area (Å²) in [6, 6.07) is 4.05. The minimum atomic E-state index is 0.972. The summed E-state index contributed by atoms with van der Waals surface area (Å²) >= 11 is 0. The number of hydrogen-bond acceptors (Lipinski definition) is 1. The average molecular weight is 192 g/mol. The number of aromatic amines is 1. The molecule has 0 fully saturated rings. The Morgan fingerprint density at radius 3 is 2.29 bits per heavy atom. The predicted molar refractivity (Wildman–Crippen MR) is 63.5 cm³/mol. The third kappa shape index (κ3) is 2.87. The number of aromatic nitrogens is 2. The molecule has 0 unspecified atom stereocenters. The number of pyridine rings is 1. The molecular formula is C12H20N2. The lowest BCUT2D eigenvalue weighted by Gasteiger charge is -1.91. The molecule has 2 aromatic heterocycles. The first-order chi connectivity index (χ1) is 6.88. The lowest BCUT2D eigenvalue weighted by atomic mass is 10.2. The molecule has 0 aliphatic rings. The van der Waals surface area contributed by atoms with Gasteiger partial charge in [0.1, 0.15) is 5.65 Å². The van der Waals surface area contributed by atoms with E-state index in [9.17, 15) is 0 Å². The number of H-pyrrole nitrogens is 1. The fourth-order valence-corrected chi connectivity index (χ4v) is 1.10. The van der Waals surface area contributed by atoms with Crippen molar-refractivity contribution in [3.63, 3.8) is 0 Å². The van der Waals surface area contributed by atoms with Crippen molar-refractivity contribution in [1.29, 1.82) is 0 Å². The monoisotopic (exact) mass is 192 g/mol. The van der Waals surface area contributed by atoms with Gasteiger partial charge < -0.3 is 4.98 Å². The zero-order valence-electron chi connectivity index (χ0n) is 9.76. The number of rotatable bonds is 0. The Balaban J connectivity index is 0.000000379. The quantitative estimate of drug-likeness (QED) is 0.673. The Morgan fingerprint density at radius 2 is 1.71 bits per heavy atom. The minimum absolute atomic E-state index is 0.972. The molecule has 2 nitrogen and oxygen atoms in total. The van der Waals surface area contributed by atoms with Crippen LogP contribution in [0.1, 0.15) is 33.3 Å². The summed E-state index contributed by atoms with van der Waals surface area (Å²) in [5.74, 6) is 0. The van der Waals surface area contributed by atoms with Gasteiger partial charge in [0.2, 0.25) is 0 Å². The summed E-state index contributed by atoms with van der Waals surface area (Å²) < 4.78 is 0. The molecule has 2 rings (SSSR count). The zero-order chi connectivity index (χ0) is 11.0. The fourth-order valence-electron chi connectivity index (χ4n) is 1.10. The van der Waals surface area contributed by atoms with Gasteiger partial charge in [-0.25, -0.2) is 4.98 Å². The minimum Gasteiger partial charge on any atom is -0.346 e. The molecule has 0 aliphatic carbocycles. The highest BCUT2D eigenvalue weighted by atomic mass is 14.8. The summed E-state index contributed by atoms with van der Waals surface area (Å²) in [6.45, 7) is 10.1. The first-order valence-electron chi connectivity index (χ1n) is 5.26. The van der Waals surface area contributed by atoms with Crippen LogP contribution >= 0.6 is 0 Å². The first-order valence-corrected chi connectivity index (χ1v) is 5.26. The fraction of sp³-hybridized carbons (Fsp3) is 0.417. The van der Waals surface area contributed by atoms with Crippen LogP contribution in [-0.4, -0.2) is 9.97 Å². The molecule has 14 heavy (non-hydrogen) atoms. The lowest BCUT2D eigenvalue weighted by molar-refractivity contribution is 1.31. The van der Waals surface area contributed by atoms with Crippen molar-refractivity contribution in [2.24, 2.45) is 0 Å². The Bertz CT molecular complexity index is 350. The van der Waals surface area contributed by atoms with E-state index >= 15 is 0 Å². The molecule has 0 saturated carbocycles. The standard InChI is InChI=1S/C8H8N2.2C2H6/c1-6-2-4-9-8-7(6)3-5-10-8;2*1-2/h2-5H,1H3,(H,9,10);2*1-2H3. The molecule has 0 amide bonds. The molecule has 1 N–H and O–H groups in total. The number of aryl methyl sites for hydroxylation is 1. The molecule has 78 valence electrons. The Kier molecular flexibility index (Phi) is 6.46. The van der Waals surface area contributed by atoms with E-state index in [0.29, 0.717) is 0 Å². The van der Waals surface area contributed by atoms with Gasteiger partial charge in [0.15, 0.2) is 0 Å². The van der Waals surface area contributed by atoms with E-state index in [0.717, 1.165) is 5.65 Å². The smallest absolute Gasteiger partial charge is 0.137 e. The van der Waals surface area contributed by atoms with E-state index in [4.69, 9.17) is 0 Å². The van der Waals surface area contributed by atoms with E-state index in [2.05, 4.69) is 16.9 Å². The third-order valence-corrected chi connectivity index (χ3v) is 1.68. The summed E-state index contributed by atoms with van der Waals surface area (Å²) in [5.41, 5.74) is 2.24. The van der Waals surface area contributed by atoms with Crippen molar-refractivity contribution in [2.75, 3.05) is 0 Å². The van der Waals surface area contributed by atoms with Crippen LogP contribution in [0.2, 0.25) is 0 Å². The van der Waals surface area contributed by atoms with E-state index < -0.39 is 0 Å². The third-order valence-electron chi connectivity index (χ3n) is 1.68. The molecule has 0 bridgehead atoms. The van der Waals surface area contributed by atoms with Gasteiger partial charge in [-0.15, -0.1) is 0 Å². The highest BCUT2D eigenvalue weighted by Gasteiger charge is 1.95. The van der Waals surface area contributed by atoms with Gasteiger partial charge in [-0.3, -0.25) is 0 Å². The molecule has 0 radical (unpaired) electrons. The molecule has 0 spiro atoms. The zero-order valence-corrected chi connectivity index (χ0v) is 9.76. The second-order valence-electron chi connectivity index (χ2n) is 2.37. The van der Waals surface area contributed by atoms with E-state index in [-0.39, 0.29) is 0 Å². The Hall–Kier alpha value is -1.31. The van der Waals surface area contributed by atoms with Crippen LogP contribution < -0.4 is 0 Å². The van der Waals surface area contributed by atoms with Crippen LogP contribution in [0.15, 0.2) is 24.5 Å². The van der Waals surface area contributed by atoms with Crippen LogP contribution in [0.3, 0.4) is 0 Å². The van der Waals surface area contributed by atoms with Gasteiger partial charge >= 0.3 is 0 Å². The summed E-state index contributed by atoms with van der Waals surface area (Å²) in [5, 5.41) is 1.21. The number of hydrogen-bond donors (Lipinski definition) is 1. The van der Waals surface area contributed by atoms with Gasteiger partial charge in [0.25, 0.3) is 0 Å². The molecule has 2 heteroatoms. The maximum absolute atomic E-state index is 4.15. The normalized spacial score (nSPS) is 8.36. The number of nitrogens with one attached hydrogen (secondary N) is 1. The molecule has 2 aromatic rings. The summed E-state index contributed by atoms with van der Waals surface area (Å²) in [4.78, 5) is 7.20. The van der Waals surface area contributed by atoms with Crippen molar-refractivity contribution < 1.29 is 0 Å². The van der Waals surface area contributed by atoms with Gasteiger partial charge in [0.05, 0.1) is 0 Å². The molecule has 0 aromatic carbocycles. The van der Waals surface area contributed by atoms with Gasteiger partial charge in [-0.2, -0.15) is 0 Å². The highest BCUT2D eigenvalue weighted by Crippen LogP contribution is 2.12. The van der Waals surface area contributed by atoms with E-state index in [1.807, 2.05) is 52.2 Å². The maximum Gasteiger partial charge on any atom is 0.137 e. The van der Waals surface area contributed by atoms with Gasteiger partial charge in [0, 0.05) is 17.8 Å². The van der Waals surface area contributed by atoms with E-state index in [1.54, 1.807) is 0 Å². The topological polar surface area (TPSA) is 28.7 Å². The second-order valence-corrected chi connectivity index (χ2v) is 2.37. The van der Waals surface area contributed by atoms with Gasteiger partial charge in [-0.05, 0) is 24.6 Å². The average Bonchev–Trinajstić information content (AvgIpc) is 2.73. The number of fused-ring (bicyclic) bond motifs is 1. The molecule has 0 saturated heterocycles. The van der Waals surface area contributed by atoms with Crippen molar-refractivity contribution in [1.82, 2.24) is 9.97 Å². The Morgan fingerprint density at radius 1 is 1.07 bits per heavy atom. The predicted octanol–water partition coefficient (Wildman–Crippen LogP) is 3.92. The summed E-state index contributed by atoms with van der Waals surface area (Å²) in [7, 11) is 0. The number of nitrogens with zero attached hydrogens (tertiary/aromatic N) is 1. The van der Waals surface area contributed by atoms with E-state index in [1.165, 1.54) is 10.9 Å². The largest absolute Gasteiger partial charge is 0.346 e. The Labute approximate surface area is 86.4 Å². The molecular weight excluding hydrogens is 172 g/mol. The van der Waals surface area contributed by atoms with Crippen molar-refractivity contribution >= 4 is 11.0 Å². The van der Waals surface area contributed by atoms with Crippen molar-refractivity contribution in [3.8, 4) is 0 Å². The van der Waals surface area contributed by atoms with Crippen LogP contribution in [0.4, 0.5) is 0 Å². The lowest BCUT2D eigenvalue weighted by Crippen LogP contribution is -1.77. The van der Waals surface area contributed by atoms with Crippen molar-refractivity contribution in [2.45, 2.75) is 34.6 Å². The summed E-state index contributed by atoms with van der Waals surface area (Å²) in [6.07, 6.45) is 3.72. The first kappa shape index (κ1) is 12.7. The molecule has 0 atom stereocenters. The van der Waals surface area contributed by atoms with Crippen LogP contribution in [0.5, 0.6) is 0 Å². The van der Waals surface area contributed by atoms with Crippen LogP contribution in [-0.2, 0) is 0 Å².